The summed E-state index contributed by atoms with van der Waals surface area (Å²) in [5.74, 6) is 1.49. The topological polar surface area (TPSA) is 24.9 Å². The zero-order chi connectivity index (χ0) is 13.0. The average Bonchev–Trinajstić information content (AvgIpc) is 2.39. The van der Waals surface area contributed by atoms with Crippen molar-refractivity contribution in [2.45, 2.75) is 29.6 Å². The van der Waals surface area contributed by atoms with E-state index in [0.717, 1.165) is 5.82 Å². The first-order chi connectivity index (χ1) is 8.69. The van der Waals surface area contributed by atoms with Crippen molar-refractivity contribution in [2.75, 3.05) is 12.4 Å². The molecule has 94 valence electrons. The lowest BCUT2D eigenvalue weighted by molar-refractivity contribution is 0.865. The zero-order valence-electron chi connectivity index (χ0n) is 11.0. The van der Waals surface area contributed by atoms with Gasteiger partial charge >= 0.3 is 0 Å². The van der Waals surface area contributed by atoms with E-state index in [0.29, 0.717) is 5.92 Å². The number of benzene rings is 1. The van der Waals surface area contributed by atoms with E-state index in [1.54, 1.807) is 11.8 Å². The molecule has 1 aromatic heterocycles. The van der Waals surface area contributed by atoms with Gasteiger partial charge in [0, 0.05) is 23.0 Å². The fourth-order valence-electron chi connectivity index (χ4n) is 1.67. The minimum atomic E-state index is 0.584. The van der Waals surface area contributed by atoms with E-state index in [2.05, 4.69) is 54.5 Å². The number of pyridine rings is 1. The molecule has 0 spiro atoms. The molecule has 0 radical (unpaired) electrons. The second-order valence-electron chi connectivity index (χ2n) is 4.45. The van der Waals surface area contributed by atoms with Gasteiger partial charge in [-0.3, -0.25) is 0 Å². The molecule has 0 saturated carbocycles. The third kappa shape index (κ3) is 3.26. The van der Waals surface area contributed by atoms with Gasteiger partial charge in [0.1, 0.15) is 5.82 Å². The van der Waals surface area contributed by atoms with Gasteiger partial charge in [-0.2, -0.15) is 0 Å². The Morgan fingerprint density at radius 3 is 2.39 bits per heavy atom. The normalized spacial score (nSPS) is 10.7. The summed E-state index contributed by atoms with van der Waals surface area (Å²) in [6.07, 6.45) is 1.83. The molecule has 1 N–H and O–H groups in total. The number of aromatic nitrogens is 1. The third-order valence-electron chi connectivity index (χ3n) is 2.77. The van der Waals surface area contributed by atoms with Crippen LogP contribution in [0.25, 0.3) is 0 Å². The fourth-order valence-corrected chi connectivity index (χ4v) is 2.51. The van der Waals surface area contributed by atoms with Crippen LogP contribution >= 0.6 is 11.8 Å². The minimum Gasteiger partial charge on any atom is -0.373 e. The largest absolute Gasteiger partial charge is 0.373 e. The van der Waals surface area contributed by atoms with Crippen molar-refractivity contribution < 1.29 is 0 Å². The minimum absolute atomic E-state index is 0.584. The highest BCUT2D eigenvalue weighted by atomic mass is 32.2. The van der Waals surface area contributed by atoms with Crippen molar-refractivity contribution in [1.82, 2.24) is 4.98 Å². The number of hydrogen-bond donors (Lipinski definition) is 1. The lowest BCUT2D eigenvalue weighted by Gasteiger charge is -2.07. The standard InChI is InChI=1S/C15H18N2S/c1-11(2)12-4-6-13(7-5-12)18-14-8-9-17-15(10-14)16-3/h4-11H,1-3H3,(H,16,17). The Kier molecular flexibility index (Phi) is 4.26. The highest BCUT2D eigenvalue weighted by molar-refractivity contribution is 7.99. The van der Waals surface area contributed by atoms with Crippen LogP contribution in [-0.4, -0.2) is 12.0 Å². The quantitative estimate of drug-likeness (QED) is 0.880. The summed E-state index contributed by atoms with van der Waals surface area (Å²) in [5, 5.41) is 3.05. The van der Waals surface area contributed by atoms with Crippen LogP contribution in [0, 0.1) is 0 Å². The zero-order valence-corrected chi connectivity index (χ0v) is 11.8. The fraction of sp³-hybridized carbons (Fsp3) is 0.267. The number of nitrogens with zero attached hydrogens (tertiary/aromatic N) is 1. The van der Waals surface area contributed by atoms with Crippen molar-refractivity contribution in [3.63, 3.8) is 0 Å². The lowest BCUT2D eigenvalue weighted by Crippen LogP contribution is -1.91. The Hall–Kier alpha value is -1.48. The van der Waals surface area contributed by atoms with E-state index in [9.17, 15) is 0 Å². The van der Waals surface area contributed by atoms with E-state index < -0.39 is 0 Å². The smallest absolute Gasteiger partial charge is 0.126 e. The summed E-state index contributed by atoms with van der Waals surface area (Å²) in [6.45, 7) is 4.43. The van der Waals surface area contributed by atoms with Crippen LogP contribution < -0.4 is 5.32 Å². The summed E-state index contributed by atoms with van der Waals surface area (Å²) in [5.41, 5.74) is 1.38. The van der Waals surface area contributed by atoms with E-state index in [1.807, 2.05) is 19.3 Å². The van der Waals surface area contributed by atoms with Gasteiger partial charge in [0.15, 0.2) is 0 Å². The lowest BCUT2D eigenvalue weighted by atomic mass is 10.0. The molecule has 0 amide bonds. The molecule has 2 aromatic rings. The first-order valence-electron chi connectivity index (χ1n) is 6.10. The molecule has 18 heavy (non-hydrogen) atoms. The molecule has 0 saturated heterocycles. The molecule has 0 fully saturated rings. The molecule has 0 aliphatic heterocycles. The molecule has 3 heteroatoms. The van der Waals surface area contributed by atoms with Crippen LogP contribution in [0.15, 0.2) is 52.4 Å². The van der Waals surface area contributed by atoms with Gasteiger partial charge in [0.2, 0.25) is 0 Å². The molecule has 0 atom stereocenters. The molecule has 0 bridgehead atoms. The summed E-state index contributed by atoms with van der Waals surface area (Å²) in [7, 11) is 1.88. The summed E-state index contributed by atoms with van der Waals surface area (Å²) >= 11 is 1.76. The van der Waals surface area contributed by atoms with Gasteiger partial charge in [-0.25, -0.2) is 4.98 Å². The molecular formula is C15H18N2S. The maximum Gasteiger partial charge on any atom is 0.126 e. The Labute approximate surface area is 113 Å². The van der Waals surface area contributed by atoms with Gasteiger partial charge in [-0.05, 0) is 35.7 Å². The van der Waals surface area contributed by atoms with E-state index in [-0.39, 0.29) is 0 Å². The van der Waals surface area contributed by atoms with Gasteiger partial charge in [0.05, 0.1) is 0 Å². The Bertz CT molecular complexity index is 506. The second kappa shape index (κ2) is 5.91. The number of anilines is 1. The van der Waals surface area contributed by atoms with Crippen molar-refractivity contribution in [3.05, 3.63) is 48.2 Å². The van der Waals surface area contributed by atoms with Crippen molar-refractivity contribution in [2.24, 2.45) is 0 Å². The van der Waals surface area contributed by atoms with Crippen molar-refractivity contribution in [1.29, 1.82) is 0 Å². The molecule has 0 aliphatic carbocycles. The molecule has 1 heterocycles. The van der Waals surface area contributed by atoms with Gasteiger partial charge < -0.3 is 5.32 Å². The highest BCUT2D eigenvalue weighted by Crippen LogP contribution is 2.29. The molecule has 1 aromatic carbocycles. The SMILES string of the molecule is CNc1cc(Sc2ccc(C(C)C)cc2)ccn1. The van der Waals surface area contributed by atoms with Crippen LogP contribution in [0.3, 0.4) is 0 Å². The second-order valence-corrected chi connectivity index (χ2v) is 5.60. The van der Waals surface area contributed by atoms with Crippen LogP contribution in [0.2, 0.25) is 0 Å². The van der Waals surface area contributed by atoms with Crippen LogP contribution in [-0.2, 0) is 0 Å². The summed E-state index contributed by atoms with van der Waals surface area (Å²) in [4.78, 5) is 6.67. The molecule has 0 aliphatic rings. The first kappa shape index (κ1) is 13.0. The van der Waals surface area contributed by atoms with Crippen LogP contribution in [0.5, 0.6) is 0 Å². The Morgan fingerprint density at radius 2 is 1.78 bits per heavy atom. The maximum atomic E-state index is 4.21. The number of nitrogens with one attached hydrogen (secondary N) is 1. The van der Waals surface area contributed by atoms with Crippen molar-refractivity contribution in [3.8, 4) is 0 Å². The maximum absolute atomic E-state index is 4.21. The number of rotatable bonds is 4. The molecule has 2 rings (SSSR count). The molecular weight excluding hydrogens is 240 g/mol. The third-order valence-corrected chi connectivity index (χ3v) is 3.77. The van der Waals surface area contributed by atoms with Gasteiger partial charge in [-0.15, -0.1) is 0 Å². The monoisotopic (exact) mass is 258 g/mol. The Balaban J connectivity index is 2.13. The first-order valence-corrected chi connectivity index (χ1v) is 6.92. The highest BCUT2D eigenvalue weighted by Gasteiger charge is 2.01. The van der Waals surface area contributed by atoms with E-state index >= 15 is 0 Å². The van der Waals surface area contributed by atoms with E-state index in [1.165, 1.54) is 15.4 Å². The van der Waals surface area contributed by atoms with Gasteiger partial charge in [0.25, 0.3) is 0 Å². The average molecular weight is 258 g/mol. The number of hydrogen-bond acceptors (Lipinski definition) is 3. The predicted molar refractivity (Wildman–Crippen MR) is 78.4 cm³/mol. The van der Waals surface area contributed by atoms with Crippen LogP contribution in [0.4, 0.5) is 5.82 Å². The predicted octanol–water partition coefficient (Wildman–Crippen LogP) is 4.40. The summed E-state index contributed by atoms with van der Waals surface area (Å²) < 4.78 is 0. The summed E-state index contributed by atoms with van der Waals surface area (Å²) in [6, 6.07) is 12.8. The molecule has 2 nitrogen and oxygen atoms in total. The van der Waals surface area contributed by atoms with Crippen LogP contribution in [0.1, 0.15) is 25.3 Å². The Morgan fingerprint density at radius 1 is 1.06 bits per heavy atom. The van der Waals surface area contributed by atoms with Gasteiger partial charge in [-0.1, -0.05) is 37.7 Å². The molecule has 0 unspecified atom stereocenters. The van der Waals surface area contributed by atoms with E-state index in [4.69, 9.17) is 0 Å². The van der Waals surface area contributed by atoms with Crippen molar-refractivity contribution >= 4 is 17.6 Å².